The molecule has 0 aliphatic carbocycles. The summed E-state index contributed by atoms with van der Waals surface area (Å²) in [5, 5.41) is 12.6. The van der Waals surface area contributed by atoms with Gasteiger partial charge in [0.2, 0.25) is 0 Å². The lowest BCUT2D eigenvalue weighted by Crippen LogP contribution is -2.28. The lowest BCUT2D eigenvalue weighted by atomic mass is 9.83. The maximum atomic E-state index is 11.9. The highest BCUT2D eigenvalue weighted by molar-refractivity contribution is 6.30. The highest BCUT2D eigenvalue weighted by Gasteiger charge is 2.28. The summed E-state index contributed by atoms with van der Waals surface area (Å²) in [6.45, 7) is 10.1. The van der Waals surface area contributed by atoms with E-state index in [9.17, 15) is 5.11 Å². The molecular formula is C32H42ClNO2. The first-order chi connectivity index (χ1) is 17.4. The van der Waals surface area contributed by atoms with E-state index >= 15 is 0 Å². The topological polar surface area (TPSA) is 32.7 Å². The molecule has 1 atom stereocenters. The summed E-state index contributed by atoms with van der Waals surface area (Å²) in [4.78, 5) is 2.35. The molecule has 0 saturated heterocycles. The van der Waals surface area contributed by atoms with Gasteiger partial charge in [0.15, 0.2) is 0 Å². The Morgan fingerprint density at radius 2 is 1.31 bits per heavy atom. The van der Waals surface area contributed by atoms with E-state index in [0.717, 1.165) is 68.1 Å². The van der Waals surface area contributed by atoms with Crippen molar-refractivity contribution in [1.82, 2.24) is 4.90 Å². The monoisotopic (exact) mass is 507 g/mol. The SMILES string of the molecule is CCN(CC)CCOc1ccc(C(O)(CCCc2ccc(C)cc2)CCCc2ccc(Cl)cc2)cc1. The van der Waals surface area contributed by atoms with Gasteiger partial charge in [0, 0.05) is 11.6 Å². The summed E-state index contributed by atoms with van der Waals surface area (Å²) in [5.74, 6) is 0.856. The quantitative estimate of drug-likeness (QED) is 0.230. The zero-order valence-electron chi connectivity index (χ0n) is 22.2. The Morgan fingerprint density at radius 3 is 1.83 bits per heavy atom. The zero-order chi connectivity index (χ0) is 25.8. The molecule has 0 aromatic heterocycles. The lowest BCUT2D eigenvalue weighted by Gasteiger charge is -2.29. The number of nitrogens with zero attached hydrogens (tertiary/aromatic N) is 1. The zero-order valence-corrected chi connectivity index (χ0v) is 22.9. The number of ether oxygens (including phenoxy) is 1. The molecule has 36 heavy (non-hydrogen) atoms. The molecule has 1 N–H and O–H groups in total. The van der Waals surface area contributed by atoms with Gasteiger partial charge in [-0.1, -0.05) is 79.5 Å². The van der Waals surface area contributed by atoms with Crippen LogP contribution in [0.3, 0.4) is 0 Å². The minimum Gasteiger partial charge on any atom is -0.492 e. The van der Waals surface area contributed by atoms with E-state index in [0.29, 0.717) is 13.0 Å². The van der Waals surface area contributed by atoms with Gasteiger partial charge in [-0.15, -0.1) is 0 Å². The smallest absolute Gasteiger partial charge is 0.119 e. The minimum absolute atomic E-state index is 0.670. The van der Waals surface area contributed by atoms with Crippen LogP contribution in [0.15, 0.2) is 72.8 Å². The number of aryl methyl sites for hydroxylation is 3. The van der Waals surface area contributed by atoms with Crippen LogP contribution >= 0.6 is 11.6 Å². The van der Waals surface area contributed by atoms with Crippen LogP contribution in [-0.4, -0.2) is 36.2 Å². The number of halogens is 1. The molecule has 0 amide bonds. The molecule has 3 rings (SSSR count). The molecule has 0 saturated carbocycles. The Labute approximate surface area is 223 Å². The number of hydrogen-bond donors (Lipinski definition) is 1. The van der Waals surface area contributed by atoms with Gasteiger partial charge in [0.1, 0.15) is 12.4 Å². The predicted molar refractivity (Wildman–Crippen MR) is 152 cm³/mol. The van der Waals surface area contributed by atoms with Crippen molar-refractivity contribution in [1.29, 1.82) is 0 Å². The molecule has 194 valence electrons. The van der Waals surface area contributed by atoms with Crippen molar-refractivity contribution < 1.29 is 9.84 Å². The summed E-state index contributed by atoms with van der Waals surface area (Å²) < 4.78 is 5.97. The molecule has 0 fully saturated rings. The van der Waals surface area contributed by atoms with Crippen molar-refractivity contribution in [3.63, 3.8) is 0 Å². The maximum absolute atomic E-state index is 11.9. The van der Waals surface area contributed by atoms with Crippen LogP contribution < -0.4 is 4.74 Å². The fourth-order valence-corrected chi connectivity index (χ4v) is 4.81. The van der Waals surface area contributed by atoms with Gasteiger partial charge in [0.05, 0.1) is 5.60 Å². The fraction of sp³-hybridized carbons (Fsp3) is 0.438. The molecule has 0 spiro atoms. The summed E-state index contributed by atoms with van der Waals surface area (Å²) in [6.07, 6.45) is 5.17. The molecule has 0 aliphatic rings. The summed E-state index contributed by atoms with van der Waals surface area (Å²) >= 11 is 6.04. The first-order valence-corrected chi connectivity index (χ1v) is 13.8. The Bertz CT molecular complexity index is 960. The Morgan fingerprint density at radius 1 is 0.778 bits per heavy atom. The third-order valence-corrected chi connectivity index (χ3v) is 7.36. The second-order valence-electron chi connectivity index (χ2n) is 9.75. The fourth-order valence-electron chi connectivity index (χ4n) is 4.68. The third kappa shape index (κ3) is 8.96. The molecule has 3 aromatic carbocycles. The number of likely N-dealkylation sites (N-methyl/N-ethyl adjacent to an activating group) is 1. The summed E-state index contributed by atoms with van der Waals surface area (Å²) in [5.41, 5.74) is 3.95. The van der Waals surface area contributed by atoms with Gasteiger partial charge in [-0.2, -0.15) is 0 Å². The third-order valence-electron chi connectivity index (χ3n) is 7.11. The molecule has 0 aliphatic heterocycles. The van der Waals surface area contributed by atoms with Gasteiger partial charge >= 0.3 is 0 Å². The Hall–Kier alpha value is -2.33. The van der Waals surface area contributed by atoms with E-state index in [4.69, 9.17) is 16.3 Å². The van der Waals surface area contributed by atoms with E-state index in [1.54, 1.807) is 0 Å². The van der Waals surface area contributed by atoms with E-state index in [1.807, 2.05) is 36.4 Å². The number of rotatable bonds is 15. The van der Waals surface area contributed by atoms with Crippen LogP contribution in [0.5, 0.6) is 5.75 Å². The molecule has 3 aromatic rings. The van der Waals surface area contributed by atoms with Crippen molar-refractivity contribution in [3.8, 4) is 5.75 Å². The first-order valence-electron chi connectivity index (χ1n) is 13.4. The number of aliphatic hydroxyl groups is 1. The molecule has 0 radical (unpaired) electrons. The van der Waals surface area contributed by atoms with Crippen LogP contribution in [0.4, 0.5) is 0 Å². The molecule has 3 nitrogen and oxygen atoms in total. The molecular weight excluding hydrogens is 466 g/mol. The van der Waals surface area contributed by atoms with Crippen molar-refractivity contribution in [3.05, 3.63) is 100 Å². The van der Waals surface area contributed by atoms with Gasteiger partial charge in [-0.3, -0.25) is 0 Å². The summed E-state index contributed by atoms with van der Waals surface area (Å²) in [7, 11) is 0. The Balaban J connectivity index is 1.63. The standard InChI is InChI=1S/C32H42ClNO2/c1-4-34(5-2)24-25-36-31-20-16-29(17-21-31)32(35,22-6-8-27-12-10-26(3)11-13-27)23-7-9-28-14-18-30(33)19-15-28/h10-21,35H,4-9,22-25H2,1-3H3. The highest BCUT2D eigenvalue weighted by atomic mass is 35.5. The van der Waals surface area contributed by atoms with Crippen molar-refractivity contribution in [2.45, 2.75) is 64.9 Å². The Kier molecular flexibility index (Phi) is 11.3. The van der Waals surface area contributed by atoms with E-state index < -0.39 is 5.60 Å². The van der Waals surface area contributed by atoms with E-state index in [-0.39, 0.29) is 0 Å². The normalized spacial score (nSPS) is 13.1. The summed E-state index contributed by atoms with van der Waals surface area (Å²) in [6, 6.07) is 24.8. The second-order valence-corrected chi connectivity index (χ2v) is 10.2. The number of hydrogen-bond acceptors (Lipinski definition) is 3. The van der Waals surface area contributed by atoms with Gasteiger partial charge in [-0.25, -0.2) is 0 Å². The second kappa shape index (κ2) is 14.4. The van der Waals surface area contributed by atoms with Gasteiger partial charge in [0.25, 0.3) is 0 Å². The van der Waals surface area contributed by atoms with Crippen LogP contribution in [0.1, 0.15) is 61.8 Å². The maximum Gasteiger partial charge on any atom is 0.119 e. The van der Waals surface area contributed by atoms with Crippen LogP contribution in [0.2, 0.25) is 5.02 Å². The largest absolute Gasteiger partial charge is 0.492 e. The highest BCUT2D eigenvalue weighted by Crippen LogP contribution is 2.34. The number of benzene rings is 3. The first kappa shape index (κ1) is 28.2. The average molecular weight is 508 g/mol. The van der Waals surface area contributed by atoms with Crippen molar-refractivity contribution in [2.75, 3.05) is 26.2 Å². The van der Waals surface area contributed by atoms with Crippen molar-refractivity contribution >= 4 is 11.6 Å². The van der Waals surface area contributed by atoms with Crippen LogP contribution in [0.25, 0.3) is 0 Å². The lowest BCUT2D eigenvalue weighted by molar-refractivity contribution is 0.0146. The van der Waals surface area contributed by atoms with Gasteiger partial charge < -0.3 is 14.7 Å². The van der Waals surface area contributed by atoms with Crippen molar-refractivity contribution in [2.24, 2.45) is 0 Å². The predicted octanol–water partition coefficient (Wildman–Crippen LogP) is 7.60. The average Bonchev–Trinajstić information content (AvgIpc) is 2.89. The minimum atomic E-state index is -0.864. The van der Waals surface area contributed by atoms with Crippen LogP contribution in [0, 0.1) is 6.92 Å². The van der Waals surface area contributed by atoms with E-state index in [2.05, 4.69) is 62.1 Å². The molecule has 0 bridgehead atoms. The van der Waals surface area contributed by atoms with E-state index in [1.165, 1.54) is 16.7 Å². The van der Waals surface area contributed by atoms with Gasteiger partial charge in [-0.05, 0) is 99.5 Å². The molecule has 1 unspecified atom stereocenters. The van der Waals surface area contributed by atoms with Crippen LogP contribution in [-0.2, 0) is 18.4 Å². The molecule has 0 heterocycles. The molecule has 4 heteroatoms.